The van der Waals surface area contributed by atoms with Crippen molar-refractivity contribution in [3.8, 4) is 5.75 Å². The number of nitrogens with one attached hydrogen (secondary N) is 2. The maximum absolute atomic E-state index is 8.24. The van der Waals surface area contributed by atoms with Crippen LogP contribution in [0.25, 0.3) is 0 Å². The highest BCUT2D eigenvalue weighted by Crippen LogP contribution is 2.27. The number of nitrogens with two attached hydrogens (primary N) is 1. The molecule has 17 heavy (non-hydrogen) atoms. The highest BCUT2D eigenvalue weighted by atomic mass is 16.5. The van der Waals surface area contributed by atoms with Crippen LogP contribution in [0.2, 0.25) is 0 Å². The van der Waals surface area contributed by atoms with Crippen LogP contribution in [-0.2, 0) is 0 Å². The van der Waals surface area contributed by atoms with Crippen molar-refractivity contribution < 1.29 is 4.74 Å². The summed E-state index contributed by atoms with van der Waals surface area (Å²) < 4.78 is 5.27. The number of hydrogen-bond donors (Lipinski definition) is 3. The van der Waals surface area contributed by atoms with Gasteiger partial charge in [0.05, 0.1) is 18.4 Å². The Bertz CT molecular complexity index is 466. The molecule has 0 atom stereocenters. The fourth-order valence-electron chi connectivity index (χ4n) is 1.98. The summed E-state index contributed by atoms with van der Waals surface area (Å²) in [6.45, 7) is 1.69. The molecule has 4 nitrogen and oxygen atoms in total. The third-order valence-electron chi connectivity index (χ3n) is 2.88. The van der Waals surface area contributed by atoms with E-state index in [1.165, 1.54) is 0 Å². The molecule has 0 amide bonds. The number of rotatable bonds is 3. The summed E-state index contributed by atoms with van der Waals surface area (Å²) in [5.41, 5.74) is 8.64. The third kappa shape index (κ3) is 2.31. The normalized spacial score (nSPS) is 15.2. The van der Waals surface area contributed by atoms with Gasteiger partial charge in [-0.2, -0.15) is 0 Å². The highest BCUT2D eigenvalue weighted by Gasteiger charge is 2.17. The molecule has 0 aliphatic carbocycles. The molecule has 2 rings (SSSR count). The van der Waals surface area contributed by atoms with Gasteiger partial charge in [0.2, 0.25) is 0 Å². The van der Waals surface area contributed by atoms with Crippen LogP contribution in [0.4, 0.5) is 5.69 Å². The molecule has 1 heterocycles. The first-order valence-electron chi connectivity index (χ1n) is 5.65. The molecule has 0 saturated heterocycles. The molecular formula is C13H17N3O. The van der Waals surface area contributed by atoms with Crippen molar-refractivity contribution in [3.63, 3.8) is 0 Å². The van der Waals surface area contributed by atoms with Crippen molar-refractivity contribution in [1.82, 2.24) is 5.32 Å². The quantitative estimate of drug-likeness (QED) is 0.546. The molecule has 90 valence electrons. The van der Waals surface area contributed by atoms with Crippen molar-refractivity contribution in [2.24, 2.45) is 0 Å². The monoisotopic (exact) mass is 231 g/mol. The van der Waals surface area contributed by atoms with Gasteiger partial charge >= 0.3 is 0 Å². The lowest BCUT2D eigenvalue weighted by atomic mass is 9.97. The van der Waals surface area contributed by atoms with E-state index in [1.54, 1.807) is 13.2 Å². The molecule has 0 fully saturated rings. The van der Waals surface area contributed by atoms with Gasteiger partial charge in [0.25, 0.3) is 0 Å². The first-order valence-corrected chi connectivity index (χ1v) is 5.65. The fraction of sp³-hybridized carbons (Fsp3) is 0.308. The van der Waals surface area contributed by atoms with E-state index in [1.807, 2.05) is 12.1 Å². The maximum Gasteiger partial charge on any atom is 0.130 e. The average molecular weight is 231 g/mol. The van der Waals surface area contributed by atoms with Gasteiger partial charge in [-0.15, -0.1) is 0 Å². The Balaban J connectivity index is 2.39. The lowest BCUT2D eigenvalue weighted by molar-refractivity contribution is 0.414. The summed E-state index contributed by atoms with van der Waals surface area (Å²) in [6.07, 6.45) is 3.04. The van der Waals surface area contributed by atoms with Crippen LogP contribution >= 0.6 is 0 Å². The molecule has 0 spiro atoms. The molecule has 0 radical (unpaired) electrons. The summed E-state index contributed by atoms with van der Waals surface area (Å²) in [6, 6.07) is 5.46. The molecule has 1 aromatic carbocycles. The minimum atomic E-state index is 0.451. The molecule has 4 heteroatoms. The van der Waals surface area contributed by atoms with Gasteiger partial charge in [0.1, 0.15) is 5.75 Å². The van der Waals surface area contributed by atoms with Crippen LogP contribution in [0.3, 0.4) is 0 Å². The van der Waals surface area contributed by atoms with Crippen LogP contribution in [0.1, 0.15) is 12.0 Å². The number of benzene rings is 1. The predicted octanol–water partition coefficient (Wildman–Crippen LogP) is 1.56. The Morgan fingerprint density at radius 3 is 2.94 bits per heavy atom. The van der Waals surface area contributed by atoms with E-state index in [-0.39, 0.29) is 0 Å². The smallest absolute Gasteiger partial charge is 0.130 e. The molecule has 1 aliphatic heterocycles. The fourth-order valence-corrected chi connectivity index (χ4v) is 1.98. The lowest BCUT2D eigenvalue weighted by Gasteiger charge is -2.18. The largest absolute Gasteiger partial charge is 0.496 e. The summed E-state index contributed by atoms with van der Waals surface area (Å²) >= 11 is 0. The third-order valence-corrected chi connectivity index (χ3v) is 2.88. The zero-order chi connectivity index (χ0) is 12.3. The van der Waals surface area contributed by atoms with Gasteiger partial charge < -0.3 is 15.8 Å². The van der Waals surface area contributed by atoms with Crippen LogP contribution in [0.15, 0.2) is 29.8 Å². The number of nitrogen functional groups attached to an aromatic ring is 1. The van der Waals surface area contributed by atoms with E-state index in [0.717, 1.165) is 25.1 Å². The van der Waals surface area contributed by atoms with Crippen molar-refractivity contribution >= 4 is 11.4 Å². The summed E-state index contributed by atoms with van der Waals surface area (Å²) in [5.74, 6) is 0.654. The van der Waals surface area contributed by atoms with Crippen molar-refractivity contribution in [2.45, 2.75) is 6.42 Å². The van der Waals surface area contributed by atoms with Crippen LogP contribution in [0, 0.1) is 5.41 Å². The molecule has 0 unspecified atom stereocenters. The highest BCUT2D eigenvalue weighted by molar-refractivity contribution is 6.15. The zero-order valence-electron chi connectivity index (χ0n) is 9.92. The zero-order valence-corrected chi connectivity index (χ0v) is 9.92. The van der Waals surface area contributed by atoms with E-state index in [4.69, 9.17) is 15.9 Å². The van der Waals surface area contributed by atoms with Crippen LogP contribution < -0.4 is 15.8 Å². The second-order valence-electron chi connectivity index (χ2n) is 3.99. The minimum Gasteiger partial charge on any atom is -0.496 e. The summed E-state index contributed by atoms with van der Waals surface area (Å²) in [5, 5.41) is 11.5. The molecule has 1 aliphatic rings. The molecule has 0 aromatic heterocycles. The maximum atomic E-state index is 8.24. The van der Waals surface area contributed by atoms with Gasteiger partial charge in [-0.25, -0.2) is 0 Å². The van der Waals surface area contributed by atoms with Gasteiger partial charge in [0.15, 0.2) is 0 Å². The second kappa shape index (κ2) is 5.01. The van der Waals surface area contributed by atoms with Crippen molar-refractivity contribution in [1.29, 1.82) is 5.41 Å². The number of ether oxygens (including phenoxy) is 1. The summed E-state index contributed by atoms with van der Waals surface area (Å²) in [7, 11) is 1.60. The Kier molecular flexibility index (Phi) is 3.44. The average Bonchev–Trinajstić information content (AvgIpc) is 2.38. The minimum absolute atomic E-state index is 0.451. The van der Waals surface area contributed by atoms with E-state index < -0.39 is 0 Å². The second-order valence-corrected chi connectivity index (χ2v) is 3.99. The SMILES string of the molecule is COc1cccc(N)c1C(=N)C1=CCCNC1. The topological polar surface area (TPSA) is 71.1 Å². The molecular weight excluding hydrogens is 214 g/mol. The number of methoxy groups -OCH3 is 1. The molecule has 1 aromatic rings. The Morgan fingerprint density at radius 2 is 2.29 bits per heavy atom. The van der Waals surface area contributed by atoms with Gasteiger partial charge in [-0.05, 0) is 30.7 Å². The van der Waals surface area contributed by atoms with Crippen LogP contribution in [-0.4, -0.2) is 25.9 Å². The van der Waals surface area contributed by atoms with Crippen molar-refractivity contribution in [2.75, 3.05) is 25.9 Å². The molecule has 0 bridgehead atoms. The first kappa shape index (κ1) is 11.7. The lowest BCUT2D eigenvalue weighted by Crippen LogP contribution is -2.26. The Hall–Kier alpha value is -1.81. The number of hydrogen-bond acceptors (Lipinski definition) is 4. The van der Waals surface area contributed by atoms with Crippen molar-refractivity contribution in [3.05, 3.63) is 35.4 Å². The van der Waals surface area contributed by atoms with E-state index in [2.05, 4.69) is 11.4 Å². The van der Waals surface area contributed by atoms with E-state index >= 15 is 0 Å². The standard InChI is InChI=1S/C13H17N3O/c1-17-11-6-2-5-10(14)12(11)13(15)9-4-3-7-16-8-9/h2,4-6,15-16H,3,7-8,14H2,1H3. The van der Waals surface area contributed by atoms with Crippen LogP contribution in [0.5, 0.6) is 5.75 Å². The predicted molar refractivity (Wildman–Crippen MR) is 69.8 cm³/mol. The molecule has 4 N–H and O–H groups in total. The van der Waals surface area contributed by atoms with Gasteiger partial charge in [-0.1, -0.05) is 12.1 Å². The van der Waals surface area contributed by atoms with Gasteiger partial charge in [0, 0.05) is 12.2 Å². The Morgan fingerprint density at radius 1 is 1.47 bits per heavy atom. The number of anilines is 1. The first-order chi connectivity index (χ1) is 8.24. The van der Waals surface area contributed by atoms with Gasteiger partial charge in [-0.3, -0.25) is 5.41 Å². The van der Waals surface area contributed by atoms with E-state index in [0.29, 0.717) is 22.7 Å². The summed E-state index contributed by atoms with van der Waals surface area (Å²) in [4.78, 5) is 0. The molecule has 0 saturated carbocycles. The van der Waals surface area contributed by atoms with E-state index in [9.17, 15) is 0 Å². The Labute approximate surface area is 101 Å².